The first-order chi connectivity index (χ1) is 13.2. The smallest absolute Gasteiger partial charge is 0.406 e. The molecule has 7 nitrogen and oxygen atoms in total. The molecule has 0 aliphatic carbocycles. The number of amides is 1. The topological polar surface area (TPSA) is 73.5 Å². The van der Waals surface area contributed by atoms with Crippen molar-refractivity contribution < 1.29 is 22.7 Å². The predicted octanol–water partition coefficient (Wildman–Crippen LogP) is 2.69. The number of ether oxygens (including phenoxy) is 1. The molecule has 152 valence electrons. The SMILES string of the molecule is Cc1n[nH]c(C)c1N1CCN(CC(=O)Nc2ccc(OC(F)(F)F)cc2)CC1. The van der Waals surface area contributed by atoms with Crippen molar-refractivity contribution in [2.45, 2.75) is 20.2 Å². The highest BCUT2D eigenvalue weighted by Crippen LogP contribution is 2.25. The summed E-state index contributed by atoms with van der Waals surface area (Å²) in [5.74, 6) is -0.542. The molecule has 3 rings (SSSR count). The van der Waals surface area contributed by atoms with E-state index < -0.39 is 6.36 Å². The van der Waals surface area contributed by atoms with E-state index in [2.05, 4.69) is 25.2 Å². The highest BCUT2D eigenvalue weighted by Gasteiger charge is 2.31. The molecule has 1 amide bonds. The van der Waals surface area contributed by atoms with Gasteiger partial charge in [0.15, 0.2) is 0 Å². The summed E-state index contributed by atoms with van der Waals surface area (Å²) >= 11 is 0. The van der Waals surface area contributed by atoms with Gasteiger partial charge in [-0.05, 0) is 38.1 Å². The highest BCUT2D eigenvalue weighted by molar-refractivity contribution is 5.92. The summed E-state index contributed by atoms with van der Waals surface area (Å²) < 4.78 is 40.3. The van der Waals surface area contributed by atoms with Crippen LogP contribution in [0.2, 0.25) is 0 Å². The van der Waals surface area contributed by atoms with Crippen LogP contribution in [0.1, 0.15) is 11.4 Å². The third kappa shape index (κ3) is 5.16. The van der Waals surface area contributed by atoms with Gasteiger partial charge in [0.05, 0.1) is 23.6 Å². The minimum absolute atomic E-state index is 0.214. The van der Waals surface area contributed by atoms with Gasteiger partial charge in [-0.15, -0.1) is 13.2 Å². The number of carbonyl (C=O) groups excluding carboxylic acids is 1. The van der Waals surface area contributed by atoms with E-state index in [9.17, 15) is 18.0 Å². The van der Waals surface area contributed by atoms with Gasteiger partial charge in [0.25, 0.3) is 0 Å². The van der Waals surface area contributed by atoms with E-state index in [1.54, 1.807) is 0 Å². The van der Waals surface area contributed by atoms with Gasteiger partial charge in [-0.1, -0.05) is 0 Å². The number of halogens is 3. The van der Waals surface area contributed by atoms with Gasteiger partial charge < -0.3 is 15.0 Å². The van der Waals surface area contributed by atoms with Crippen LogP contribution in [0.3, 0.4) is 0 Å². The Morgan fingerprint density at radius 3 is 2.36 bits per heavy atom. The van der Waals surface area contributed by atoms with Crippen LogP contribution < -0.4 is 15.0 Å². The quantitative estimate of drug-likeness (QED) is 0.812. The molecule has 0 saturated carbocycles. The Morgan fingerprint density at radius 2 is 1.82 bits per heavy atom. The summed E-state index contributed by atoms with van der Waals surface area (Å²) in [4.78, 5) is 16.5. The van der Waals surface area contributed by atoms with E-state index in [1.807, 2.05) is 18.7 Å². The number of rotatable bonds is 5. The molecule has 0 radical (unpaired) electrons. The molecule has 2 N–H and O–H groups in total. The van der Waals surface area contributed by atoms with Crippen molar-refractivity contribution in [1.82, 2.24) is 15.1 Å². The highest BCUT2D eigenvalue weighted by atomic mass is 19.4. The second-order valence-corrected chi connectivity index (χ2v) is 6.67. The molecule has 1 aliphatic heterocycles. The minimum Gasteiger partial charge on any atom is -0.406 e. The van der Waals surface area contributed by atoms with Crippen LogP contribution in [0.5, 0.6) is 5.75 Å². The van der Waals surface area contributed by atoms with Crippen LogP contribution in [0.25, 0.3) is 0 Å². The molecule has 0 unspecified atom stereocenters. The number of nitrogens with one attached hydrogen (secondary N) is 2. The standard InChI is InChI=1S/C18H22F3N5O2/c1-12-17(13(2)24-23-12)26-9-7-25(8-10-26)11-16(27)22-14-3-5-15(6-4-14)28-18(19,20)21/h3-6H,7-11H2,1-2H3,(H,22,27)(H,23,24). The molecule has 10 heteroatoms. The van der Waals surface area contributed by atoms with Crippen molar-refractivity contribution in [3.05, 3.63) is 35.7 Å². The Balaban J connectivity index is 1.47. The van der Waals surface area contributed by atoms with Crippen molar-refractivity contribution in [2.75, 3.05) is 42.9 Å². The van der Waals surface area contributed by atoms with Gasteiger partial charge in [-0.25, -0.2) is 0 Å². The van der Waals surface area contributed by atoms with Gasteiger partial charge in [0, 0.05) is 31.9 Å². The van der Waals surface area contributed by atoms with Crippen LogP contribution in [0.15, 0.2) is 24.3 Å². The fraction of sp³-hybridized carbons (Fsp3) is 0.444. The largest absolute Gasteiger partial charge is 0.573 e. The lowest BCUT2D eigenvalue weighted by atomic mass is 10.2. The van der Waals surface area contributed by atoms with Gasteiger partial charge in [-0.2, -0.15) is 5.10 Å². The zero-order valence-corrected chi connectivity index (χ0v) is 15.6. The van der Waals surface area contributed by atoms with E-state index in [0.29, 0.717) is 5.69 Å². The van der Waals surface area contributed by atoms with Crippen molar-refractivity contribution in [2.24, 2.45) is 0 Å². The maximum absolute atomic E-state index is 12.2. The fourth-order valence-corrected chi connectivity index (χ4v) is 3.28. The summed E-state index contributed by atoms with van der Waals surface area (Å²) in [6.45, 7) is 7.21. The normalized spacial score (nSPS) is 15.5. The number of aromatic nitrogens is 2. The number of H-pyrrole nitrogens is 1. The van der Waals surface area contributed by atoms with E-state index in [-0.39, 0.29) is 18.2 Å². The second kappa shape index (κ2) is 8.09. The molecule has 1 aliphatic rings. The number of aryl methyl sites for hydroxylation is 2. The van der Waals surface area contributed by atoms with Crippen molar-refractivity contribution in [3.63, 3.8) is 0 Å². The molecule has 0 bridgehead atoms. The van der Waals surface area contributed by atoms with E-state index in [1.165, 1.54) is 12.1 Å². The summed E-state index contributed by atoms with van der Waals surface area (Å²) in [5, 5.41) is 9.89. The number of piperazine rings is 1. The number of hydrogen-bond donors (Lipinski definition) is 2. The molecule has 0 spiro atoms. The number of alkyl halides is 3. The molecule has 1 saturated heterocycles. The minimum atomic E-state index is -4.74. The van der Waals surface area contributed by atoms with E-state index in [4.69, 9.17) is 0 Å². The van der Waals surface area contributed by atoms with Crippen molar-refractivity contribution in [1.29, 1.82) is 0 Å². The second-order valence-electron chi connectivity index (χ2n) is 6.67. The Hall–Kier alpha value is -2.75. The predicted molar refractivity (Wildman–Crippen MR) is 98.5 cm³/mol. The first-order valence-electron chi connectivity index (χ1n) is 8.86. The van der Waals surface area contributed by atoms with E-state index >= 15 is 0 Å². The Morgan fingerprint density at radius 1 is 1.18 bits per heavy atom. The average Bonchev–Trinajstić information content (AvgIpc) is 2.95. The van der Waals surface area contributed by atoms with Crippen molar-refractivity contribution in [3.8, 4) is 5.75 Å². The average molecular weight is 397 g/mol. The summed E-state index contributed by atoms with van der Waals surface area (Å²) in [6.07, 6.45) is -4.74. The van der Waals surface area contributed by atoms with Gasteiger partial charge in [-0.3, -0.25) is 14.8 Å². The molecule has 0 atom stereocenters. The zero-order valence-electron chi connectivity index (χ0n) is 15.6. The Labute approximate surface area is 160 Å². The Kier molecular flexibility index (Phi) is 5.78. The lowest BCUT2D eigenvalue weighted by Gasteiger charge is -2.35. The molecular formula is C18H22F3N5O2. The van der Waals surface area contributed by atoms with Crippen LogP contribution >= 0.6 is 0 Å². The number of carbonyl (C=O) groups is 1. The number of aromatic amines is 1. The van der Waals surface area contributed by atoms with Gasteiger partial charge >= 0.3 is 6.36 Å². The number of nitrogens with zero attached hydrogens (tertiary/aromatic N) is 3. The van der Waals surface area contributed by atoms with Crippen LogP contribution in [-0.2, 0) is 4.79 Å². The molecule has 2 heterocycles. The third-order valence-electron chi connectivity index (χ3n) is 4.52. The number of benzene rings is 1. The monoisotopic (exact) mass is 397 g/mol. The number of anilines is 2. The molecule has 1 aromatic carbocycles. The van der Waals surface area contributed by atoms with Crippen LogP contribution in [-0.4, -0.2) is 60.1 Å². The van der Waals surface area contributed by atoms with Crippen LogP contribution in [0.4, 0.5) is 24.5 Å². The maximum atomic E-state index is 12.2. The summed E-state index contributed by atoms with van der Waals surface area (Å²) in [6, 6.07) is 5.08. The summed E-state index contributed by atoms with van der Waals surface area (Å²) in [7, 11) is 0. The molecular weight excluding hydrogens is 375 g/mol. The van der Waals surface area contributed by atoms with Crippen molar-refractivity contribution >= 4 is 17.3 Å². The fourth-order valence-electron chi connectivity index (χ4n) is 3.28. The molecule has 2 aromatic rings. The maximum Gasteiger partial charge on any atom is 0.573 e. The lowest BCUT2D eigenvalue weighted by Crippen LogP contribution is -2.49. The van der Waals surface area contributed by atoms with Gasteiger partial charge in [0.2, 0.25) is 5.91 Å². The molecule has 1 aromatic heterocycles. The first kappa shape index (κ1) is 20.0. The lowest BCUT2D eigenvalue weighted by molar-refractivity contribution is -0.274. The number of hydrogen-bond acceptors (Lipinski definition) is 5. The van der Waals surface area contributed by atoms with Gasteiger partial charge in [0.1, 0.15) is 5.75 Å². The first-order valence-corrected chi connectivity index (χ1v) is 8.86. The van der Waals surface area contributed by atoms with Crippen LogP contribution in [0, 0.1) is 13.8 Å². The Bertz CT molecular complexity index is 792. The molecule has 1 fully saturated rings. The van der Waals surface area contributed by atoms with E-state index in [0.717, 1.165) is 55.4 Å². The molecule has 28 heavy (non-hydrogen) atoms. The summed E-state index contributed by atoms with van der Waals surface area (Å²) in [5.41, 5.74) is 3.52. The third-order valence-corrected chi connectivity index (χ3v) is 4.52. The zero-order chi connectivity index (χ0) is 20.3.